The first-order valence-electron chi connectivity index (χ1n) is 8.16. The molecule has 0 radical (unpaired) electrons. The quantitative estimate of drug-likeness (QED) is 0.732. The van der Waals surface area contributed by atoms with Crippen LogP contribution in [-0.2, 0) is 16.4 Å². The molecule has 6 heteroatoms. The Morgan fingerprint density at radius 2 is 1.76 bits per heavy atom. The number of benzene rings is 2. The number of aryl methyl sites for hydroxylation is 1. The van der Waals surface area contributed by atoms with Gasteiger partial charge in [0.2, 0.25) is 10.0 Å². The summed E-state index contributed by atoms with van der Waals surface area (Å²) in [7, 11) is -0.328. The van der Waals surface area contributed by atoms with E-state index in [1.165, 1.54) is 0 Å². The fraction of sp³-hybridized carbons (Fsp3) is 0.368. The van der Waals surface area contributed by atoms with Crippen LogP contribution in [0.1, 0.15) is 23.1 Å². The predicted octanol–water partition coefficient (Wildman–Crippen LogP) is 3.23. The van der Waals surface area contributed by atoms with Crippen molar-refractivity contribution in [2.75, 3.05) is 20.8 Å². The van der Waals surface area contributed by atoms with E-state index in [9.17, 15) is 8.42 Å². The van der Waals surface area contributed by atoms with Crippen LogP contribution in [0, 0.1) is 13.8 Å². The Hall–Kier alpha value is -2.05. The van der Waals surface area contributed by atoms with E-state index >= 15 is 0 Å². The molecule has 0 aromatic heterocycles. The van der Waals surface area contributed by atoms with E-state index in [-0.39, 0.29) is 0 Å². The maximum absolute atomic E-state index is 12.5. The van der Waals surface area contributed by atoms with Crippen LogP contribution in [-0.4, -0.2) is 29.2 Å². The zero-order valence-corrected chi connectivity index (χ0v) is 15.9. The second-order valence-electron chi connectivity index (χ2n) is 5.87. The highest BCUT2D eigenvalue weighted by molar-refractivity contribution is 7.89. The summed E-state index contributed by atoms with van der Waals surface area (Å²) in [5.74, 6) is 1.50. The van der Waals surface area contributed by atoms with Crippen molar-refractivity contribution in [2.45, 2.75) is 31.6 Å². The first kappa shape index (κ1) is 19.3. The summed E-state index contributed by atoms with van der Waals surface area (Å²) in [6.07, 6.45) is 1.49. The van der Waals surface area contributed by atoms with E-state index in [0.29, 0.717) is 29.2 Å². The van der Waals surface area contributed by atoms with Gasteiger partial charge in [0.15, 0.2) is 0 Å². The van der Waals surface area contributed by atoms with Crippen LogP contribution in [0.4, 0.5) is 0 Å². The van der Waals surface area contributed by atoms with E-state index in [0.717, 1.165) is 23.3 Å². The van der Waals surface area contributed by atoms with Crippen molar-refractivity contribution in [1.29, 1.82) is 0 Å². The Morgan fingerprint density at radius 3 is 2.44 bits per heavy atom. The molecule has 0 atom stereocenters. The molecule has 2 aromatic carbocycles. The molecule has 0 bridgehead atoms. The number of hydrogen-bond donors (Lipinski definition) is 1. The number of hydrogen-bond acceptors (Lipinski definition) is 4. The lowest BCUT2D eigenvalue weighted by atomic mass is 10.1. The van der Waals surface area contributed by atoms with Crippen LogP contribution in [0.2, 0.25) is 0 Å². The monoisotopic (exact) mass is 363 g/mol. The number of rotatable bonds is 8. The van der Waals surface area contributed by atoms with E-state index < -0.39 is 10.0 Å². The van der Waals surface area contributed by atoms with Crippen LogP contribution < -0.4 is 14.2 Å². The second-order valence-corrected chi connectivity index (χ2v) is 7.60. The van der Waals surface area contributed by atoms with Crippen molar-refractivity contribution in [2.24, 2.45) is 0 Å². The average Bonchev–Trinajstić information content (AvgIpc) is 2.61. The lowest BCUT2D eigenvalue weighted by Gasteiger charge is -2.13. The van der Waals surface area contributed by atoms with Gasteiger partial charge in [-0.05, 0) is 67.6 Å². The fourth-order valence-electron chi connectivity index (χ4n) is 2.69. The second kappa shape index (κ2) is 8.36. The Bertz CT molecular complexity index is 831. The summed E-state index contributed by atoms with van der Waals surface area (Å²) in [6, 6.07) is 11.1. The van der Waals surface area contributed by atoms with Crippen LogP contribution in [0.3, 0.4) is 0 Å². The largest absolute Gasteiger partial charge is 0.497 e. The molecule has 0 fully saturated rings. The van der Waals surface area contributed by atoms with Crippen LogP contribution in [0.5, 0.6) is 11.5 Å². The molecule has 0 spiro atoms. The molecule has 2 rings (SSSR count). The summed E-state index contributed by atoms with van der Waals surface area (Å²) in [6.45, 7) is 4.03. The minimum Gasteiger partial charge on any atom is -0.497 e. The predicted molar refractivity (Wildman–Crippen MR) is 99.0 cm³/mol. The molecule has 25 heavy (non-hydrogen) atoms. The van der Waals surface area contributed by atoms with E-state index in [1.807, 2.05) is 31.2 Å². The van der Waals surface area contributed by atoms with Crippen molar-refractivity contribution < 1.29 is 17.9 Å². The third-order valence-electron chi connectivity index (χ3n) is 4.27. The molecule has 0 aliphatic carbocycles. The minimum atomic E-state index is -3.54. The lowest BCUT2D eigenvalue weighted by molar-refractivity contribution is 0.410. The Balaban J connectivity index is 1.99. The molecule has 1 N–H and O–H groups in total. The van der Waals surface area contributed by atoms with Gasteiger partial charge in [0, 0.05) is 6.54 Å². The summed E-state index contributed by atoms with van der Waals surface area (Å²) in [4.78, 5) is 0.298. The van der Waals surface area contributed by atoms with Crippen molar-refractivity contribution >= 4 is 10.0 Å². The highest BCUT2D eigenvalue weighted by Gasteiger charge is 2.18. The third kappa shape index (κ3) is 4.74. The van der Waals surface area contributed by atoms with E-state index in [1.54, 1.807) is 33.3 Å². The van der Waals surface area contributed by atoms with Gasteiger partial charge in [0.1, 0.15) is 11.5 Å². The van der Waals surface area contributed by atoms with Gasteiger partial charge in [-0.15, -0.1) is 0 Å². The highest BCUT2D eigenvalue weighted by atomic mass is 32.2. The van der Waals surface area contributed by atoms with E-state index in [2.05, 4.69) is 4.72 Å². The molecule has 5 nitrogen and oxygen atoms in total. The van der Waals surface area contributed by atoms with Gasteiger partial charge in [0.05, 0.1) is 19.1 Å². The molecule has 0 amide bonds. The third-order valence-corrected chi connectivity index (χ3v) is 5.87. The van der Waals surface area contributed by atoms with E-state index in [4.69, 9.17) is 9.47 Å². The van der Waals surface area contributed by atoms with Gasteiger partial charge in [0.25, 0.3) is 0 Å². The zero-order valence-electron chi connectivity index (χ0n) is 15.1. The van der Waals surface area contributed by atoms with Crippen molar-refractivity contribution in [3.63, 3.8) is 0 Å². The fourth-order valence-corrected chi connectivity index (χ4v) is 4.06. The maximum Gasteiger partial charge on any atom is 0.240 e. The summed E-state index contributed by atoms with van der Waals surface area (Å²) in [5, 5.41) is 0. The molecule has 0 aliphatic rings. The van der Waals surface area contributed by atoms with Gasteiger partial charge in [-0.3, -0.25) is 0 Å². The van der Waals surface area contributed by atoms with Gasteiger partial charge in [-0.2, -0.15) is 0 Å². The molecule has 0 heterocycles. The molecule has 0 saturated carbocycles. The van der Waals surface area contributed by atoms with Gasteiger partial charge in [-0.25, -0.2) is 13.1 Å². The van der Waals surface area contributed by atoms with Gasteiger partial charge < -0.3 is 9.47 Å². The van der Waals surface area contributed by atoms with Crippen LogP contribution >= 0.6 is 0 Å². The lowest BCUT2D eigenvalue weighted by Crippen LogP contribution is -2.26. The smallest absolute Gasteiger partial charge is 0.240 e. The number of ether oxygens (including phenoxy) is 2. The van der Waals surface area contributed by atoms with Crippen LogP contribution in [0.15, 0.2) is 41.3 Å². The first-order chi connectivity index (χ1) is 11.9. The molecule has 0 unspecified atom stereocenters. The van der Waals surface area contributed by atoms with Crippen LogP contribution in [0.25, 0.3) is 0 Å². The first-order valence-corrected chi connectivity index (χ1v) is 9.64. The molecular weight excluding hydrogens is 338 g/mol. The van der Waals surface area contributed by atoms with Crippen molar-refractivity contribution in [3.05, 3.63) is 53.1 Å². The molecule has 0 saturated heterocycles. The minimum absolute atomic E-state index is 0.298. The molecule has 0 aliphatic heterocycles. The number of sulfonamides is 1. The Morgan fingerprint density at radius 1 is 1.00 bits per heavy atom. The average molecular weight is 363 g/mol. The number of methoxy groups -OCH3 is 2. The summed E-state index contributed by atoms with van der Waals surface area (Å²) >= 11 is 0. The molecule has 136 valence electrons. The standard InChI is InChI=1S/C19H25NO4S/c1-14-15(2)19(11-10-18(14)24-4)25(21,22)20-12-6-8-16-7-5-9-17(13-16)23-3/h5,7,9-11,13,20H,6,8,12H2,1-4H3. The summed E-state index contributed by atoms with van der Waals surface area (Å²) in [5.41, 5.74) is 2.66. The zero-order chi connectivity index (χ0) is 18.4. The van der Waals surface area contributed by atoms with Gasteiger partial charge in [-0.1, -0.05) is 12.1 Å². The topological polar surface area (TPSA) is 64.6 Å². The maximum atomic E-state index is 12.5. The Kier molecular flexibility index (Phi) is 6.45. The molecule has 2 aromatic rings. The molecular formula is C19H25NO4S. The van der Waals surface area contributed by atoms with Crippen molar-refractivity contribution in [3.8, 4) is 11.5 Å². The Labute approximate surface area is 150 Å². The van der Waals surface area contributed by atoms with Crippen molar-refractivity contribution in [1.82, 2.24) is 4.72 Å². The highest BCUT2D eigenvalue weighted by Crippen LogP contribution is 2.26. The SMILES string of the molecule is COc1cccc(CCCNS(=O)(=O)c2ccc(OC)c(C)c2C)c1. The van der Waals surface area contributed by atoms with Gasteiger partial charge >= 0.3 is 0 Å². The summed E-state index contributed by atoms with van der Waals surface area (Å²) < 4.78 is 38.2. The number of nitrogens with one attached hydrogen (secondary N) is 1. The normalized spacial score (nSPS) is 11.4.